The molecule has 0 unspecified atom stereocenters. The number of aliphatic hydroxyl groups excluding tert-OH is 1. The topological polar surface area (TPSA) is 53.4 Å². The van der Waals surface area contributed by atoms with E-state index in [0.29, 0.717) is 12.0 Å². The molecule has 2 aliphatic carbocycles. The van der Waals surface area contributed by atoms with Crippen molar-refractivity contribution in [3.05, 3.63) is 65.5 Å². The first-order valence-electron chi connectivity index (χ1n) is 10.9. The number of hydrogen-bond donors (Lipinski definition) is 1. The van der Waals surface area contributed by atoms with E-state index in [1.807, 2.05) is 23.1 Å². The van der Waals surface area contributed by atoms with Crippen LogP contribution in [0.2, 0.25) is 0 Å². The van der Waals surface area contributed by atoms with Crippen LogP contribution in [0.15, 0.2) is 48.7 Å². The third-order valence-electron chi connectivity index (χ3n) is 6.74. The van der Waals surface area contributed by atoms with E-state index in [0.717, 1.165) is 56.4 Å². The van der Waals surface area contributed by atoms with Gasteiger partial charge in [0, 0.05) is 41.6 Å². The number of pyridine rings is 1. The monoisotopic (exact) mass is 432 g/mol. The van der Waals surface area contributed by atoms with Crippen molar-refractivity contribution in [2.45, 2.75) is 68.6 Å². The summed E-state index contributed by atoms with van der Waals surface area (Å²) in [6, 6.07) is 10.6. The quantitative estimate of drug-likeness (QED) is 0.701. The van der Waals surface area contributed by atoms with Gasteiger partial charge in [0.15, 0.2) is 0 Å². The van der Waals surface area contributed by atoms with Gasteiger partial charge in [0.2, 0.25) is 0 Å². The lowest BCUT2D eigenvalue weighted by Crippen LogP contribution is -2.47. The second-order valence-corrected chi connectivity index (χ2v) is 8.72. The zero-order chi connectivity index (χ0) is 22.1. The molecular weight excluding hydrogens is 405 g/mol. The Kier molecular flexibility index (Phi) is 6.06. The molecule has 0 spiro atoms. The lowest BCUT2D eigenvalue weighted by Gasteiger charge is -2.43. The van der Waals surface area contributed by atoms with Crippen LogP contribution in [0.25, 0.3) is 0 Å². The molecule has 7 heteroatoms. The minimum absolute atomic E-state index is 0.0535. The van der Waals surface area contributed by atoms with Gasteiger partial charge in [-0.05, 0) is 81.3 Å². The Morgan fingerprint density at radius 1 is 1.03 bits per heavy atom. The van der Waals surface area contributed by atoms with Gasteiger partial charge in [-0.25, -0.2) is 0 Å². The van der Waals surface area contributed by atoms with Crippen molar-refractivity contribution in [1.82, 2.24) is 9.88 Å². The van der Waals surface area contributed by atoms with E-state index in [-0.39, 0.29) is 30.0 Å². The van der Waals surface area contributed by atoms with Crippen LogP contribution in [0.1, 0.15) is 66.6 Å². The summed E-state index contributed by atoms with van der Waals surface area (Å²) >= 11 is 0. The van der Waals surface area contributed by atoms with Crippen molar-refractivity contribution < 1.29 is 23.1 Å². The largest absolute Gasteiger partial charge is 0.416 e. The highest BCUT2D eigenvalue weighted by Crippen LogP contribution is 2.44. The first-order chi connectivity index (χ1) is 14.8. The summed E-state index contributed by atoms with van der Waals surface area (Å²) in [5.74, 6) is -0.186. The van der Waals surface area contributed by atoms with Crippen molar-refractivity contribution in [2.75, 3.05) is 6.61 Å². The number of alkyl halides is 3. The SMILES string of the molecule is O=C(c1ccc(C(F)(F)F)cc1)N(C1CC1)C1CCC(CCO)(c2ccccn2)CC1. The Labute approximate surface area is 180 Å². The van der Waals surface area contributed by atoms with Gasteiger partial charge in [0.25, 0.3) is 5.91 Å². The Morgan fingerprint density at radius 2 is 1.68 bits per heavy atom. The van der Waals surface area contributed by atoms with Crippen LogP contribution in [-0.4, -0.2) is 39.6 Å². The molecule has 0 atom stereocenters. The predicted molar refractivity (Wildman–Crippen MR) is 111 cm³/mol. The number of aromatic nitrogens is 1. The van der Waals surface area contributed by atoms with Crippen molar-refractivity contribution in [3.63, 3.8) is 0 Å². The van der Waals surface area contributed by atoms with E-state index in [2.05, 4.69) is 4.98 Å². The molecule has 166 valence electrons. The molecule has 1 aromatic carbocycles. The highest BCUT2D eigenvalue weighted by molar-refractivity contribution is 5.95. The first kappa shape index (κ1) is 21.8. The lowest BCUT2D eigenvalue weighted by atomic mass is 9.68. The maximum Gasteiger partial charge on any atom is 0.416 e. The van der Waals surface area contributed by atoms with Crippen LogP contribution in [0.5, 0.6) is 0 Å². The van der Waals surface area contributed by atoms with E-state index in [9.17, 15) is 23.1 Å². The molecule has 0 radical (unpaired) electrons. The fourth-order valence-corrected chi connectivity index (χ4v) is 4.89. The van der Waals surface area contributed by atoms with Gasteiger partial charge < -0.3 is 10.0 Å². The predicted octanol–water partition coefficient (Wildman–Crippen LogP) is 4.97. The number of hydrogen-bond acceptors (Lipinski definition) is 3. The number of amides is 1. The molecule has 1 aromatic heterocycles. The summed E-state index contributed by atoms with van der Waals surface area (Å²) in [4.78, 5) is 19.7. The fraction of sp³-hybridized carbons (Fsp3) is 0.500. The minimum Gasteiger partial charge on any atom is -0.396 e. The molecule has 2 fully saturated rings. The second kappa shape index (κ2) is 8.61. The summed E-state index contributed by atoms with van der Waals surface area (Å²) in [6.45, 7) is 0.0814. The molecule has 4 rings (SSSR count). The molecular formula is C24H27F3N2O2. The van der Waals surface area contributed by atoms with Gasteiger partial charge >= 0.3 is 6.18 Å². The third kappa shape index (κ3) is 4.61. The summed E-state index contributed by atoms with van der Waals surface area (Å²) in [5, 5.41) is 9.66. The van der Waals surface area contributed by atoms with Crippen LogP contribution < -0.4 is 0 Å². The highest BCUT2D eigenvalue weighted by Gasteiger charge is 2.44. The maximum atomic E-state index is 13.2. The van der Waals surface area contributed by atoms with E-state index in [1.165, 1.54) is 12.1 Å². The second-order valence-electron chi connectivity index (χ2n) is 8.72. The average molecular weight is 432 g/mol. The van der Waals surface area contributed by atoms with Crippen LogP contribution in [0.4, 0.5) is 13.2 Å². The van der Waals surface area contributed by atoms with E-state index < -0.39 is 11.7 Å². The molecule has 31 heavy (non-hydrogen) atoms. The fourth-order valence-electron chi connectivity index (χ4n) is 4.89. The van der Waals surface area contributed by atoms with Crippen molar-refractivity contribution in [3.8, 4) is 0 Å². The van der Waals surface area contributed by atoms with Crippen LogP contribution in [-0.2, 0) is 11.6 Å². The first-order valence-corrected chi connectivity index (χ1v) is 10.9. The Bertz CT molecular complexity index is 887. The summed E-state index contributed by atoms with van der Waals surface area (Å²) in [5.41, 5.74) is 0.342. The Hall–Kier alpha value is -2.41. The van der Waals surface area contributed by atoms with Gasteiger partial charge in [-0.1, -0.05) is 6.07 Å². The average Bonchev–Trinajstić information content (AvgIpc) is 3.60. The number of nitrogens with zero attached hydrogens (tertiary/aromatic N) is 2. The zero-order valence-corrected chi connectivity index (χ0v) is 17.3. The number of carbonyl (C=O) groups is 1. The smallest absolute Gasteiger partial charge is 0.396 e. The van der Waals surface area contributed by atoms with Crippen LogP contribution >= 0.6 is 0 Å². The summed E-state index contributed by atoms with van der Waals surface area (Å²) < 4.78 is 38.6. The van der Waals surface area contributed by atoms with E-state index >= 15 is 0 Å². The lowest BCUT2D eigenvalue weighted by molar-refractivity contribution is -0.137. The number of rotatable bonds is 6. The van der Waals surface area contributed by atoms with Gasteiger partial charge in [-0.15, -0.1) is 0 Å². The molecule has 2 saturated carbocycles. The van der Waals surface area contributed by atoms with Crippen molar-refractivity contribution in [2.24, 2.45) is 0 Å². The minimum atomic E-state index is -4.41. The standard InChI is InChI=1S/C24H27F3N2O2/c25-24(26,27)18-6-4-17(5-7-18)22(31)29(19-8-9-19)20-10-12-23(13-11-20,14-16-30)21-3-1-2-15-28-21/h1-7,15,19-20,30H,8-14,16H2. The molecule has 0 aliphatic heterocycles. The maximum absolute atomic E-state index is 13.2. The Balaban J connectivity index is 1.51. The van der Waals surface area contributed by atoms with Gasteiger partial charge in [0.1, 0.15) is 0 Å². The van der Waals surface area contributed by atoms with Gasteiger partial charge in [0.05, 0.1) is 5.56 Å². The van der Waals surface area contributed by atoms with Crippen molar-refractivity contribution >= 4 is 5.91 Å². The molecule has 4 nitrogen and oxygen atoms in total. The van der Waals surface area contributed by atoms with Crippen LogP contribution in [0.3, 0.4) is 0 Å². The highest BCUT2D eigenvalue weighted by atomic mass is 19.4. The third-order valence-corrected chi connectivity index (χ3v) is 6.74. The number of halogens is 3. The Morgan fingerprint density at radius 3 is 2.19 bits per heavy atom. The van der Waals surface area contributed by atoms with E-state index in [1.54, 1.807) is 6.20 Å². The normalized spacial score (nSPS) is 24.1. The van der Waals surface area contributed by atoms with Gasteiger partial charge in [-0.3, -0.25) is 9.78 Å². The summed E-state index contributed by atoms with van der Waals surface area (Å²) in [6.07, 6.45) is 3.08. The molecule has 2 aromatic rings. The number of benzene rings is 1. The molecule has 0 saturated heterocycles. The van der Waals surface area contributed by atoms with Crippen molar-refractivity contribution in [1.29, 1.82) is 0 Å². The molecule has 1 heterocycles. The number of carbonyl (C=O) groups excluding carboxylic acids is 1. The van der Waals surface area contributed by atoms with Crippen LogP contribution in [0, 0.1) is 0 Å². The van der Waals surface area contributed by atoms with Gasteiger partial charge in [-0.2, -0.15) is 13.2 Å². The van der Waals surface area contributed by atoms with E-state index in [4.69, 9.17) is 0 Å². The number of aliphatic hydroxyl groups is 1. The molecule has 2 aliphatic rings. The molecule has 1 N–H and O–H groups in total. The summed E-state index contributed by atoms with van der Waals surface area (Å²) in [7, 11) is 0. The molecule has 0 bridgehead atoms. The molecule has 1 amide bonds. The zero-order valence-electron chi connectivity index (χ0n) is 17.3.